The van der Waals surface area contributed by atoms with Gasteiger partial charge in [0.05, 0.1) is 12.1 Å². The lowest BCUT2D eigenvalue weighted by atomic mass is 9.74. The summed E-state index contributed by atoms with van der Waals surface area (Å²) >= 11 is 0. The van der Waals surface area contributed by atoms with Gasteiger partial charge in [0.15, 0.2) is 0 Å². The molecule has 6 atom stereocenters. The van der Waals surface area contributed by atoms with Gasteiger partial charge in [-0.3, -0.25) is 9.80 Å². The largest absolute Gasteiger partial charge is 0.287 e. The minimum Gasteiger partial charge on any atom is -0.287 e. The lowest BCUT2D eigenvalue weighted by Crippen LogP contribution is -2.63. The smallest absolute Gasteiger partial charge is 0.136 e. The van der Waals surface area contributed by atoms with Crippen molar-refractivity contribution in [1.29, 1.82) is 0 Å². The van der Waals surface area contributed by atoms with Crippen molar-refractivity contribution >= 4 is 0 Å². The number of hydrogen-bond acceptors (Lipinski definition) is 4. The summed E-state index contributed by atoms with van der Waals surface area (Å²) < 4.78 is 0. The number of allylic oxidation sites excluding steroid dienone is 4. The predicted octanol–water partition coefficient (Wildman–Crippen LogP) is 4.14. The molecule has 6 fully saturated rings. The molecule has 148 valence electrons. The van der Waals surface area contributed by atoms with E-state index in [1.807, 2.05) is 0 Å². The van der Waals surface area contributed by atoms with E-state index in [4.69, 9.17) is 10.2 Å². The first-order valence-electron chi connectivity index (χ1n) is 11.2. The fraction of sp³-hybridized carbons (Fsp3) is 0.667. The Balaban J connectivity index is 1.35. The van der Waals surface area contributed by atoms with Gasteiger partial charge in [0.25, 0.3) is 0 Å². The molecule has 0 N–H and O–H groups in total. The van der Waals surface area contributed by atoms with Gasteiger partial charge in [-0.15, -0.1) is 0 Å². The molecule has 0 aromatic rings. The van der Waals surface area contributed by atoms with Gasteiger partial charge in [0.2, 0.25) is 0 Å². The molecule has 8 aliphatic rings. The van der Waals surface area contributed by atoms with Crippen molar-refractivity contribution < 1.29 is 0 Å². The second-order valence-electron chi connectivity index (χ2n) is 10.7. The quantitative estimate of drug-likeness (QED) is 0.653. The minimum atomic E-state index is -0.0481. The van der Waals surface area contributed by atoms with Crippen LogP contribution in [0.2, 0.25) is 0 Å². The second kappa shape index (κ2) is 5.54. The standard InChI is InChI=1S/C24H32N4/c1-15(2)9-17-5-7-21-23(13-27(21)11-19(17)23)25-26-24-14-28-12-20(24)18(10-16(3)4)6-8-22(24)28/h5-8,15-16,21-22H,9-14H2,1-4H3. The Labute approximate surface area is 168 Å². The van der Waals surface area contributed by atoms with Gasteiger partial charge in [-0.1, -0.05) is 52.0 Å². The minimum absolute atomic E-state index is 0.0481. The van der Waals surface area contributed by atoms with Crippen molar-refractivity contribution in [2.45, 2.75) is 63.7 Å². The molecule has 6 heterocycles. The highest BCUT2D eigenvalue weighted by Gasteiger charge is 2.66. The lowest BCUT2D eigenvalue weighted by molar-refractivity contribution is 0.0910. The average Bonchev–Trinajstić information content (AvgIpc) is 3.26. The van der Waals surface area contributed by atoms with E-state index in [0.29, 0.717) is 23.9 Å². The molecule has 8 rings (SSSR count). The highest BCUT2D eigenvalue weighted by molar-refractivity contribution is 5.54. The summed E-state index contributed by atoms with van der Waals surface area (Å²) in [4.78, 5) is 5.14. The number of azo groups is 1. The van der Waals surface area contributed by atoms with Gasteiger partial charge in [-0.05, 0) is 47.0 Å². The molecule has 6 aliphatic heterocycles. The van der Waals surface area contributed by atoms with E-state index < -0.39 is 0 Å². The summed E-state index contributed by atoms with van der Waals surface area (Å²) in [5.41, 5.74) is 6.11. The molecule has 0 aromatic carbocycles. The number of rotatable bonds is 6. The third-order valence-electron chi connectivity index (χ3n) is 7.82. The molecule has 2 aliphatic carbocycles. The zero-order valence-electron chi connectivity index (χ0n) is 17.7. The van der Waals surface area contributed by atoms with Crippen molar-refractivity contribution in [2.24, 2.45) is 22.1 Å². The van der Waals surface area contributed by atoms with Crippen LogP contribution in [0.1, 0.15) is 40.5 Å². The van der Waals surface area contributed by atoms with Gasteiger partial charge >= 0.3 is 0 Å². The first-order valence-corrected chi connectivity index (χ1v) is 11.2. The summed E-state index contributed by atoms with van der Waals surface area (Å²) in [5, 5.41) is 10.5. The van der Waals surface area contributed by atoms with Crippen LogP contribution >= 0.6 is 0 Å². The SMILES string of the molecule is CC(C)CC1=C2CN3CC2(N=NC24CN5CC2=C(CC(C)C)C=CC54)C3C=C1. The molecular formula is C24H32N4. The van der Waals surface area contributed by atoms with Crippen molar-refractivity contribution in [3.63, 3.8) is 0 Å². The number of nitrogens with zero attached hydrogens (tertiary/aromatic N) is 4. The third-order valence-corrected chi connectivity index (χ3v) is 7.82. The fourth-order valence-electron chi connectivity index (χ4n) is 6.60. The van der Waals surface area contributed by atoms with Gasteiger partial charge in [0.1, 0.15) is 11.1 Å². The number of hydrogen-bond donors (Lipinski definition) is 0. The van der Waals surface area contributed by atoms with Crippen LogP contribution < -0.4 is 0 Å². The van der Waals surface area contributed by atoms with Gasteiger partial charge in [0, 0.05) is 26.2 Å². The Hall–Kier alpha value is -1.52. The van der Waals surface area contributed by atoms with Crippen molar-refractivity contribution in [2.75, 3.05) is 26.2 Å². The van der Waals surface area contributed by atoms with Crippen LogP contribution in [0.15, 0.2) is 56.8 Å². The first-order chi connectivity index (χ1) is 13.4. The molecule has 0 radical (unpaired) electrons. The zero-order chi connectivity index (χ0) is 19.3. The van der Waals surface area contributed by atoms with Crippen LogP contribution in [0.4, 0.5) is 0 Å². The van der Waals surface area contributed by atoms with E-state index in [9.17, 15) is 0 Å². The highest BCUT2D eigenvalue weighted by Crippen LogP contribution is 2.56. The Morgan fingerprint density at radius 3 is 1.64 bits per heavy atom. The molecule has 0 amide bonds. The molecule has 4 heteroatoms. The van der Waals surface area contributed by atoms with Crippen molar-refractivity contribution in [3.8, 4) is 0 Å². The Kier molecular flexibility index (Phi) is 3.43. The Bertz CT molecular complexity index is 816. The predicted molar refractivity (Wildman–Crippen MR) is 112 cm³/mol. The van der Waals surface area contributed by atoms with E-state index in [1.165, 1.54) is 11.1 Å². The van der Waals surface area contributed by atoms with Gasteiger partial charge in [-0.25, -0.2) is 0 Å². The molecule has 6 unspecified atom stereocenters. The lowest BCUT2D eigenvalue weighted by Gasteiger charge is -2.49. The van der Waals surface area contributed by atoms with Crippen LogP contribution in [-0.4, -0.2) is 59.1 Å². The summed E-state index contributed by atoms with van der Waals surface area (Å²) in [5.74, 6) is 1.37. The molecule has 0 spiro atoms. The van der Waals surface area contributed by atoms with Crippen LogP contribution in [-0.2, 0) is 0 Å². The van der Waals surface area contributed by atoms with Crippen LogP contribution in [0, 0.1) is 11.8 Å². The normalized spacial score (nSPS) is 44.4. The molecule has 4 nitrogen and oxygen atoms in total. The van der Waals surface area contributed by atoms with Gasteiger partial charge in [-0.2, -0.15) is 10.2 Å². The topological polar surface area (TPSA) is 31.2 Å². The van der Waals surface area contributed by atoms with Crippen LogP contribution in [0.3, 0.4) is 0 Å². The van der Waals surface area contributed by atoms with E-state index in [-0.39, 0.29) is 11.1 Å². The van der Waals surface area contributed by atoms with Crippen molar-refractivity contribution in [3.05, 3.63) is 46.6 Å². The average molecular weight is 377 g/mol. The third kappa shape index (κ3) is 2.03. The van der Waals surface area contributed by atoms with Crippen LogP contribution in [0.25, 0.3) is 0 Å². The summed E-state index contributed by atoms with van der Waals surface area (Å²) in [6.07, 6.45) is 11.9. The first kappa shape index (κ1) is 17.3. The Morgan fingerprint density at radius 1 is 0.821 bits per heavy atom. The summed E-state index contributed by atoms with van der Waals surface area (Å²) in [7, 11) is 0. The maximum absolute atomic E-state index is 5.23. The molecule has 0 saturated carbocycles. The highest BCUT2D eigenvalue weighted by atomic mass is 15.4. The van der Waals surface area contributed by atoms with Gasteiger partial charge < -0.3 is 0 Å². The van der Waals surface area contributed by atoms with E-state index >= 15 is 0 Å². The van der Waals surface area contributed by atoms with Crippen LogP contribution in [0.5, 0.6) is 0 Å². The van der Waals surface area contributed by atoms with E-state index in [2.05, 4.69) is 61.8 Å². The van der Waals surface area contributed by atoms with E-state index in [0.717, 1.165) is 39.0 Å². The Morgan fingerprint density at radius 2 is 1.25 bits per heavy atom. The summed E-state index contributed by atoms with van der Waals surface area (Å²) in [6.45, 7) is 13.6. The zero-order valence-corrected chi connectivity index (χ0v) is 17.7. The molecule has 0 aromatic heterocycles. The van der Waals surface area contributed by atoms with E-state index in [1.54, 1.807) is 11.1 Å². The monoisotopic (exact) mass is 376 g/mol. The molecule has 8 bridgehead atoms. The molecule has 28 heavy (non-hydrogen) atoms. The molecular weight excluding hydrogens is 344 g/mol. The molecule has 6 saturated heterocycles. The van der Waals surface area contributed by atoms with Crippen molar-refractivity contribution in [1.82, 2.24) is 9.80 Å². The maximum Gasteiger partial charge on any atom is 0.136 e. The summed E-state index contributed by atoms with van der Waals surface area (Å²) in [6, 6.07) is 0.909. The second-order valence-corrected chi connectivity index (χ2v) is 10.7. The fourth-order valence-corrected chi connectivity index (χ4v) is 6.60. The maximum atomic E-state index is 5.23.